The average molecular weight is 397 g/mol. The van der Waals surface area contributed by atoms with Gasteiger partial charge in [-0.3, -0.25) is 0 Å². The maximum absolute atomic E-state index is 12.2. The normalized spacial score (nSPS) is 17.1. The van der Waals surface area contributed by atoms with Crippen LogP contribution in [0.15, 0.2) is 46.0 Å². The summed E-state index contributed by atoms with van der Waals surface area (Å²) in [4.78, 5) is 12.2. The molecule has 2 N–H and O–H groups in total. The number of nitrogens with one attached hydrogen (secondary N) is 2. The lowest BCUT2D eigenvalue weighted by Crippen LogP contribution is -2.44. The van der Waals surface area contributed by atoms with E-state index in [1.165, 1.54) is 7.11 Å². The molecule has 0 amide bonds. The fourth-order valence-corrected chi connectivity index (χ4v) is 3.30. The van der Waals surface area contributed by atoms with Crippen molar-refractivity contribution >= 4 is 46.5 Å². The molecule has 2 aromatic rings. The van der Waals surface area contributed by atoms with Crippen molar-refractivity contribution in [1.29, 1.82) is 0 Å². The summed E-state index contributed by atoms with van der Waals surface area (Å²) in [5.41, 5.74) is 1.67. The molecule has 5 nitrogen and oxygen atoms in total. The number of halogens is 2. The Bertz CT molecular complexity index is 892. The molecule has 1 aromatic carbocycles. The van der Waals surface area contributed by atoms with Gasteiger partial charge in [-0.1, -0.05) is 29.3 Å². The van der Waals surface area contributed by atoms with E-state index in [2.05, 4.69) is 10.6 Å². The van der Waals surface area contributed by atoms with Crippen molar-refractivity contribution in [2.24, 2.45) is 0 Å². The van der Waals surface area contributed by atoms with Crippen LogP contribution >= 0.6 is 35.4 Å². The van der Waals surface area contributed by atoms with E-state index in [1.807, 2.05) is 0 Å². The smallest absolute Gasteiger partial charge is 0.338 e. The number of carbonyl (C=O) groups is 1. The third-order valence-corrected chi connectivity index (χ3v) is 4.84. The Labute approximate surface area is 159 Å². The number of rotatable bonds is 3. The van der Waals surface area contributed by atoms with Gasteiger partial charge in [0.05, 0.1) is 22.7 Å². The Morgan fingerprint density at radius 3 is 2.76 bits per heavy atom. The van der Waals surface area contributed by atoms with Crippen LogP contribution in [-0.4, -0.2) is 18.2 Å². The predicted molar refractivity (Wildman–Crippen MR) is 100 cm³/mol. The van der Waals surface area contributed by atoms with Crippen molar-refractivity contribution < 1.29 is 13.9 Å². The van der Waals surface area contributed by atoms with E-state index in [0.717, 1.165) is 0 Å². The summed E-state index contributed by atoms with van der Waals surface area (Å²) in [6, 6.07) is 8.25. The van der Waals surface area contributed by atoms with Gasteiger partial charge >= 0.3 is 5.97 Å². The Kier molecular flexibility index (Phi) is 5.03. The monoisotopic (exact) mass is 396 g/mol. The molecule has 1 aromatic heterocycles. The summed E-state index contributed by atoms with van der Waals surface area (Å²) in [7, 11) is 1.33. The van der Waals surface area contributed by atoms with Crippen molar-refractivity contribution in [2.75, 3.05) is 7.11 Å². The van der Waals surface area contributed by atoms with Gasteiger partial charge in [-0.05, 0) is 43.4 Å². The van der Waals surface area contributed by atoms with Crippen molar-refractivity contribution in [3.05, 3.63) is 57.4 Å². The summed E-state index contributed by atoms with van der Waals surface area (Å²) < 4.78 is 10.8. The van der Waals surface area contributed by atoms with Crippen LogP contribution in [0.2, 0.25) is 10.0 Å². The summed E-state index contributed by atoms with van der Waals surface area (Å²) in [5.74, 6) is 0.578. The summed E-state index contributed by atoms with van der Waals surface area (Å²) >= 11 is 17.5. The molecule has 8 heteroatoms. The molecule has 25 heavy (non-hydrogen) atoms. The van der Waals surface area contributed by atoms with Gasteiger partial charge in [0, 0.05) is 11.3 Å². The molecule has 0 saturated heterocycles. The van der Waals surface area contributed by atoms with Crippen molar-refractivity contribution in [2.45, 2.75) is 13.0 Å². The molecule has 1 atom stereocenters. The van der Waals surface area contributed by atoms with Gasteiger partial charge in [-0.25, -0.2) is 4.79 Å². The zero-order valence-corrected chi connectivity index (χ0v) is 15.7. The first-order valence-corrected chi connectivity index (χ1v) is 8.49. The minimum Gasteiger partial charge on any atom is -0.466 e. The van der Waals surface area contributed by atoms with Crippen LogP contribution in [0, 0.1) is 0 Å². The first-order chi connectivity index (χ1) is 11.9. The molecule has 1 aliphatic heterocycles. The molecule has 0 aliphatic carbocycles. The van der Waals surface area contributed by atoms with Gasteiger partial charge in [0.1, 0.15) is 17.6 Å². The molecule has 0 unspecified atom stereocenters. The third-order valence-electron chi connectivity index (χ3n) is 3.80. The van der Waals surface area contributed by atoms with Gasteiger partial charge in [-0.2, -0.15) is 0 Å². The maximum atomic E-state index is 12.2. The Morgan fingerprint density at radius 1 is 1.28 bits per heavy atom. The van der Waals surface area contributed by atoms with Gasteiger partial charge in [-0.15, -0.1) is 0 Å². The second-order valence-corrected chi connectivity index (χ2v) is 6.56. The fraction of sp³-hybridized carbons (Fsp3) is 0.176. The van der Waals surface area contributed by atoms with Crippen LogP contribution in [0.5, 0.6) is 0 Å². The molecular formula is C17H14Cl2N2O3S. The predicted octanol–water partition coefficient (Wildman–Crippen LogP) is 4.22. The second kappa shape index (κ2) is 7.07. The molecule has 2 heterocycles. The van der Waals surface area contributed by atoms with Gasteiger partial charge in [0.25, 0.3) is 0 Å². The molecule has 1 aliphatic rings. The summed E-state index contributed by atoms with van der Waals surface area (Å²) in [6.07, 6.45) is 0. The fourth-order valence-electron chi connectivity index (χ4n) is 2.63. The van der Waals surface area contributed by atoms with E-state index in [1.54, 1.807) is 37.3 Å². The molecule has 0 bridgehead atoms. The van der Waals surface area contributed by atoms with Crippen LogP contribution in [0.3, 0.4) is 0 Å². The molecule has 3 rings (SSSR count). The number of esters is 1. The highest BCUT2D eigenvalue weighted by Gasteiger charge is 2.32. The number of hydrogen-bond acceptors (Lipinski definition) is 4. The standard InChI is InChI=1S/C17H14Cl2N2O3S/c1-8-13(16(22)23-2)15(21-17(25)20-8)12-7-6-11(24-12)9-4-3-5-10(18)14(9)19/h3-7,15H,1-2H3,(H2,20,21,25)/t15-/m1/s1. The summed E-state index contributed by atoms with van der Waals surface area (Å²) in [5, 5.41) is 7.18. The van der Waals surface area contributed by atoms with E-state index in [9.17, 15) is 4.79 Å². The minimum absolute atomic E-state index is 0.397. The molecule has 0 radical (unpaired) electrons. The number of hydrogen-bond donors (Lipinski definition) is 2. The quantitative estimate of drug-likeness (QED) is 0.598. The number of benzene rings is 1. The SMILES string of the molecule is COC(=O)C1=C(C)NC(=S)N[C@@H]1c1ccc(-c2cccc(Cl)c2Cl)o1. The maximum Gasteiger partial charge on any atom is 0.338 e. The van der Waals surface area contributed by atoms with Crippen molar-refractivity contribution in [1.82, 2.24) is 10.6 Å². The van der Waals surface area contributed by atoms with Crippen molar-refractivity contribution in [3.63, 3.8) is 0 Å². The lowest BCUT2D eigenvalue weighted by Gasteiger charge is -2.27. The number of carbonyl (C=O) groups excluding carboxylic acids is 1. The molecular weight excluding hydrogens is 383 g/mol. The number of ether oxygens (including phenoxy) is 1. The van der Waals surface area contributed by atoms with E-state index in [0.29, 0.717) is 43.5 Å². The van der Waals surface area contributed by atoms with Crippen molar-refractivity contribution in [3.8, 4) is 11.3 Å². The van der Waals surface area contributed by atoms with Crippen LogP contribution in [0.25, 0.3) is 11.3 Å². The topological polar surface area (TPSA) is 63.5 Å². The molecule has 0 fully saturated rings. The number of allylic oxidation sites excluding steroid dienone is 1. The van der Waals surface area contributed by atoms with Gasteiger partial charge in [0.2, 0.25) is 0 Å². The number of thiocarbonyl (C=S) groups is 1. The Balaban J connectivity index is 2.03. The largest absolute Gasteiger partial charge is 0.466 e. The molecule has 0 saturated carbocycles. The Hall–Kier alpha value is -2.02. The second-order valence-electron chi connectivity index (χ2n) is 5.37. The van der Waals surface area contributed by atoms with E-state index < -0.39 is 12.0 Å². The first kappa shape index (κ1) is 17.8. The lowest BCUT2D eigenvalue weighted by atomic mass is 10.0. The van der Waals surface area contributed by atoms with Crippen LogP contribution in [-0.2, 0) is 9.53 Å². The third kappa shape index (κ3) is 3.38. The first-order valence-electron chi connectivity index (χ1n) is 7.33. The minimum atomic E-state index is -0.562. The van der Waals surface area contributed by atoms with Gasteiger partial charge < -0.3 is 19.8 Å². The average Bonchev–Trinajstić information content (AvgIpc) is 3.05. The lowest BCUT2D eigenvalue weighted by molar-refractivity contribution is -0.136. The van der Waals surface area contributed by atoms with Gasteiger partial charge in [0.15, 0.2) is 5.11 Å². The Morgan fingerprint density at radius 2 is 2.04 bits per heavy atom. The number of furan rings is 1. The van der Waals surface area contributed by atoms with E-state index in [-0.39, 0.29) is 0 Å². The summed E-state index contributed by atoms with van der Waals surface area (Å²) in [6.45, 7) is 1.75. The van der Waals surface area contributed by atoms with E-state index >= 15 is 0 Å². The van der Waals surface area contributed by atoms with E-state index in [4.69, 9.17) is 44.6 Å². The molecule has 130 valence electrons. The zero-order valence-electron chi connectivity index (χ0n) is 13.4. The van der Waals surface area contributed by atoms with Crippen LogP contribution in [0.4, 0.5) is 0 Å². The number of methoxy groups -OCH3 is 1. The van der Waals surface area contributed by atoms with Crippen LogP contribution < -0.4 is 10.6 Å². The zero-order chi connectivity index (χ0) is 18.1. The molecule has 0 spiro atoms. The van der Waals surface area contributed by atoms with Crippen LogP contribution in [0.1, 0.15) is 18.7 Å². The highest BCUT2D eigenvalue weighted by molar-refractivity contribution is 7.80. The highest BCUT2D eigenvalue weighted by Crippen LogP contribution is 2.37. The highest BCUT2D eigenvalue weighted by atomic mass is 35.5.